The van der Waals surface area contributed by atoms with Crippen molar-refractivity contribution in [2.24, 2.45) is 0 Å². The molecule has 0 aliphatic heterocycles. The van der Waals surface area contributed by atoms with Gasteiger partial charge in [-0.25, -0.2) is 0 Å². The highest BCUT2D eigenvalue weighted by Gasteiger charge is 2.20. The second-order valence-corrected chi connectivity index (χ2v) is 7.49. The van der Waals surface area contributed by atoms with Gasteiger partial charge in [0.05, 0.1) is 6.61 Å². The van der Waals surface area contributed by atoms with E-state index in [-0.39, 0.29) is 28.0 Å². The van der Waals surface area contributed by atoms with Crippen molar-refractivity contribution in [3.8, 4) is 5.75 Å². The van der Waals surface area contributed by atoms with Gasteiger partial charge >= 0.3 is 5.69 Å². The first kappa shape index (κ1) is 19.2. The third-order valence-corrected chi connectivity index (χ3v) is 5.44. The molecule has 0 amide bonds. The van der Waals surface area contributed by atoms with E-state index in [4.69, 9.17) is 9.58 Å². The van der Waals surface area contributed by atoms with Crippen LogP contribution in [-0.4, -0.2) is 15.0 Å². The van der Waals surface area contributed by atoms with Crippen LogP contribution in [-0.2, 0) is 14.3 Å². The molecule has 6 nitrogen and oxygen atoms in total. The highest BCUT2D eigenvalue weighted by molar-refractivity contribution is 7.87. The summed E-state index contributed by atoms with van der Waals surface area (Å²) in [7, 11) is -3.95. The molecule has 0 saturated carbocycles. The molecular weight excluding hydrogens is 340 g/mol. The van der Waals surface area contributed by atoms with Crippen molar-refractivity contribution in [3.63, 3.8) is 0 Å². The molecule has 0 aliphatic carbocycles. The maximum Gasteiger partial charge on any atom is 0.378 e. The van der Waals surface area contributed by atoms with Crippen LogP contribution in [0.2, 0.25) is 0 Å². The number of diazo groups is 1. The van der Waals surface area contributed by atoms with Crippen molar-refractivity contribution in [3.05, 3.63) is 35.3 Å². The zero-order valence-electron chi connectivity index (χ0n) is 14.3. The fourth-order valence-corrected chi connectivity index (χ4v) is 3.86. The molecule has 0 fully saturated rings. The largest absolute Gasteiger partial charge is 0.867 e. The first-order valence-electron chi connectivity index (χ1n) is 8.48. The zero-order valence-corrected chi connectivity index (χ0v) is 15.1. The monoisotopic (exact) mass is 362 g/mol. The highest BCUT2D eigenvalue weighted by Crippen LogP contribution is 2.35. The van der Waals surface area contributed by atoms with E-state index in [0.29, 0.717) is 6.42 Å². The summed E-state index contributed by atoms with van der Waals surface area (Å²) >= 11 is 0. The molecule has 25 heavy (non-hydrogen) atoms. The number of unbranched alkanes of at least 4 members (excludes halogenated alkanes) is 5. The Morgan fingerprint density at radius 2 is 1.76 bits per heavy atom. The minimum Gasteiger partial charge on any atom is -0.867 e. The molecule has 0 bridgehead atoms. The summed E-state index contributed by atoms with van der Waals surface area (Å²) in [5, 5.41) is 21.4. The lowest BCUT2D eigenvalue weighted by Gasteiger charge is -2.11. The third kappa shape index (κ3) is 4.68. The van der Waals surface area contributed by atoms with Crippen LogP contribution in [0.25, 0.3) is 15.7 Å². The molecule has 0 N–H and O–H groups in total. The number of hydrogen-bond donors (Lipinski definition) is 0. The first-order valence-corrected chi connectivity index (χ1v) is 9.89. The van der Waals surface area contributed by atoms with Crippen LogP contribution in [0.5, 0.6) is 5.75 Å². The summed E-state index contributed by atoms with van der Waals surface area (Å²) in [6.45, 7) is 2.27. The van der Waals surface area contributed by atoms with E-state index in [9.17, 15) is 13.5 Å². The topological polar surface area (TPSA) is 94.6 Å². The average Bonchev–Trinajstić information content (AvgIpc) is 2.61. The SMILES string of the molecule is CCCCCCCCOS(=O)(=O)c1cccc2c([O-])c([N+]#N)ccc12. The molecule has 0 radical (unpaired) electrons. The Morgan fingerprint density at radius 3 is 2.48 bits per heavy atom. The predicted octanol–water partition coefficient (Wildman–Crippen LogP) is 4.46. The smallest absolute Gasteiger partial charge is 0.378 e. The van der Waals surface area contributed by atoms with Gasteiger partial charge in [0.1, 0.15) is 4.90 Å². The molecule has 0 heterocycles. The number of hydrogen-bond acceptors (Lipinski definition) is 5. The van der Waals surface area contributed by atoms with E-state index in [1.54, 1.807) is 0 Å². The molecule has 0 aromatic heterocycles. The van der Waals surface area contributed by atoms with Gasteiger partial charge < -0.3 is 5.11 Å². The van der Waals surface area contributed by atoms with Crippen molar-refractivity contribution in [1.82, 2.24) is 0 Å². The summed E-state index contributed by atoms with van der Waals surface area (Å²) in [6, 6.07) is 7.13. The summed E-state index contributed by atoms with van der Waals surface area (Å²) in [5.74, 6) is -0.520. The molecule has 134 valence electrons. The van der Waals surface area contributed by atoms with E-state index in [0.717, 1.165) is 19.3 Å². The van der Waals surface area contributed by atoms with E-state index < -0.39 is 15.9 Å². The Hall–Kier alpha value is -2.17. The van der Waals surface area contributed by atoms with Crippen molar-refractivity contribution in [2.45, 2.75) is 50.3 Å². The van der Waals surface area contributed by atoms with E-state index >= 15 is 0 Å². The molecule has 2 aromatic carbocycles. The van der Waals surface area contributed by atoms with Gasteiger partial charge in [-0.3, -0.25) is 4.18 Å². The Kier molecular flexibility index (Phi) is 6.73. The summed E-state index contributed by atoms with van der Waals surface area (Å²) in [4.78, 5) is 2.87. The second-order valence-electron chi connectivity index (χ2n) is 5.91. The first-order chi connectivity index (χ1) is 12.0. The Balaban J connectivity index is 2.12. The van der Waals surface area contributed by atoms with Gasteiger partial charge in [-0.05, 0) is 29.7 Å². The van der Waals surface area contributed by atoms with Crippen LogP contribution in [0.3, 0.4) is 0 Å². The molecule has 0 spiro atoms. The van der Waals surface area contributed by atoms with E-state index in [2.05, 4.69) is 11.9 Å². The zero-order chi connectivity index (χ0) is 18.3. The van der Waals surface area contributed by atoms with Crippen molar-refractivity contribution in [2.75, 3.05) is 6.61 Å². The van der Waals surface area contributed by atoms with Gasteiger partial charge in [0.15, 0.2) is 4.98 Å². The lowest BCUT2D eigenvalue weighted by molar-refractivity contribution is -0.264. The molecule has 0 unspecified atom stereocenters. The maximum atomic E-state index is 12.5. The maximum absolute atomic E-state index is 12.5. The van der Waals surface area contributed by atoms with Gasteiger partial charge in [-0.2, -0.15) is 8.42 Å². The normalized spacial score (nSPS) is 11.5. The Bertz CT molecular complexity index is 873. The second kappa shape index (κ2) is 8.79. The van der Waals surface area contributed by atoms with Crippen LogP contribution in [0.15, 0.2) is 35.2 Å². The lowest BCUT2D eigenvalue weighted by Crippen LogP contribution is -2.08. The van der Waals surface area contributed by atoms with Crippen molar-refractivity contribution < 1.29 is 17.7 Å². The average molecular weight is 362 g/mol. The quantitative estimate of drug-likeness (QED) is 0.373. The molecule has 2 rings (SSSR count). The molecule has 0 atom stereocenters. The van der Waals surface area contributed by atoms with Gasteiger partial charge in [-0.15, -0.1) is 0 Å². The molecule has 0 aliphatic rings. The minimum atomic E-state index is -3.95. The van der Waals surface area contributed by atoms with Crippen LogP contribution >= 0.6 is 0 Å². The fraction of sp³-hybridized carbons (Fsp3) is 0.444. The van der Waals surface area contributed by atoms with Gasteiger partial charge in [-0.1, -0.05) is 51.2 Å². The lowest BCUT2D eigenvalue weighted by atomic mass is 10.1. The summed E-state index contributed by atoms with van der Waals surface area (Å²) < 4.78 is 30.0. The van der Waals surface area contributed by atoms with Gasteiger partial charge in [0.2, 0.25) is 5.39 Å². The van der Waals surface area contributed by atoms with Crippen LogP contribution in [0, 0.1) is 5.39 Å². The van der Waals surface area contributed by atoms with E-state index in [1.807, 2.05) is 0 Å². The summed E-state index contributed by atoms with van der Waals surface area (Å²) in [5.41, 5.74) is -0.130. The van der Waals surface area contributed by atoms with Crippen molar-refractivity contribution >= 4 is 26.6 Å². The number of nitrogens with zero attached hydrogens (tertiary/aromatic N) is 2. The standard InChI is InChI=1S/C18H22N2O4S/c1-2-3-4-5-6-7-13-24-25(22,23)17-10-8-9-15-14(17)11-12-16(20-19)18(15)21/h8-12H,2-7,13H2,1H3. The van der Waals surface area contributed by atoms with Gasteiger partial charge in [0, 0.05) is 11.5 Å². The Morgan fingerprint density at radius 1 is 1.04 bits per heavy atom. The molecular formula is C18H22N2O4S. The number of benzene rings is 2. The fourth-order valence-electron chi connectivity index (χ4n) is 2.70. The van der Waals surface area contributed by atoms with Crippen LogP contribution in [0.4, 0.5) is 5.69 Å². The number of rotatable bonds is 9. The van der Waals surface area contributed by atoms with Gasteiger partial charge in [0.25, 0.3) is 10.1 Å². The molecule has 0 saturated heterocycles. The van der Waals surface area contributed by atoms with Crippen LogP contribution < -0.4 is 5.11 Å². The summed E-state index contributed by atoms with van der Waals surface area (Å²) in [6.07, 6.45) is 6.18. The van der Waals surface area contributed by atoms with E-state index in [1.165, 1.54) is 43.2 Å². The Labute approximate surface area is 148 Å². The molecule has 7 heteroatoms. The third-order valence-electron chi connectivity index (χ3n) is 4.06. The highest BCUT2D eigenvalue weighted by atomic mass is 32.2. The minimum absolute atomic E-state index is 0.0439. The predicted molar refractivity (Wildman–Crippen MR) is 94.7 cm³/mol. The number of fused-ring (bicyclic) bond motifs is 1. The van der Waals surface area contributed by atoms with Crippen molar-refractivity contribution in [1.29, 1.82) is 5.39 Å². The van der Waals surface area contributed by atoms with Crippen LogP contribution in [0.1, 0.15) is 45.4 Å². The molecule has 2 aromatic rings.